The standard InChI is InChI=1S/C18H18N2/c1-12-6-7-15(13(2)10-12)18(19)17-5-3-4-14-11-20-9-8-16(14)17/h3-11,18H,19H2,1-2H3. The summed E-state index contributed by atoms with van der Waals surface area (Å²) in [6.45, 7) is 4.22. The molecule has 0 aliphatic carbocycles. The third-order valence-corrected chi connectivity index (χ3v) is 3.81. The molecule has 0 saturated carbocycles. The van der Waals surface area contributed by atoms with E-state index in [4.69, 9.17) is 5.73 Å². The highest BCUT2D eigenvalue weighted by Crippen LogP contribution is 2.28. The second-order valence-electron chi connectivity index (χ2n) is 5.28. The number of nitrogens with two attached hydrogens (primary N) is 1. The van der Waals surface area contributed by atoms with E-state index in [9.17, 15) is 0 Å². The number of aromatic nitrogens is 1. The molecule has 2 aromatic carbocycles. The molecule has 0 radical (unpaired) electrons. The number of benzene rings is 2. The minimum absolute atomic E-state index is 0.110. The Bertz CT molecular complexity index is 757. The molecule has 1 heterocycles. The van der Waals surface area contributed by atoms with Crippen LogP contribution in [0.3, 0.4) is 0 Å². The lowest BCUT2D eigenvalue weighted by atomic mass is 9.92. The fraction of sp³-hybridized carbons (Fsp3) is 0.167. The predicted molar refractivity (Wildman–Crippen MR) is 83.7 cm³/mol. The normalized spacial score (nSPS) is 12.6. The van der Waals surface area contributed by atoms with Gasteiger partial charge in [-0.2, -0.15) is 0 Å². The van der Waals surface area contributed by atoms with Gasteiger partial charge in [0.1, 0.15) is 0 Å². The lowest BCUT2D eigenvalue weighted by Gasteiger charge is -2.17. The summed E-state index contributed by atoms with van der Waals surface area (Å²) in [5, 5.41) is 2.31. The maximum Gasteiger partial charge on any atom is 0.0560 e. The van der Waals surface area contributed by atoms with Gasteiger partial charge in [-0.3, -0.25) is 4.98 Å². The average Bonchev–Trinajstić information content (AvgIpc) is 2.46. The van der Waals surface area contributed by atoms with Gasteiger partial charge in [0.05, 0.1) is 6.04 Å². The molecular weight excluding hydrogens is 244 g/mol. The topological polar surface area (TPSA) is 38.9 Å². The van der Waals surface area contributed by atoms with Crippen LogP contribution >= 0.6 is 0 Å². The van der Waals surface area contributed by atoms with Crippen LogP contribution in [0, 0.1) is 13.8 Å². The van der Waals surface area contributed by atoms with Gasteiger partial charge in [0.25, 0.3) is 0 Å². The molecule has 2 N–H and O–H groups in total. The largest absolute Gasteiger partial charge is 0.320 e. The van der Waals surface area contributed by atoms with Crippen molar-refractivity contribution in [1.29, 1.82) is 0 Å². The van der Waals surface area contributed by atoms with Gasteiger partial charge in [0.2, 0.25) is 0 Å². The molecule has 0 aliphatic heterocycles. The van der Waals surface area contributed by atoms with Crippen molar-refractivity contribution in [3.63, 3.8) is 0 Å². The number of fused-ring (bicyclic) bond motifs is 1. The van der Waals surface area contributed by atoms with Crippen LogP contribution in [-0.4, -0.2) is 4.98 Å². The molecule has 1 atom stereocenters. The van der Waals surface area contributed by atoms with Crippen molar-refractivity contribution in [3.05, 3.63) is 77.1 Å². The third-order valence-electron chi connectivity index (χ3n) is 3.81. The quantitative estimate of drug-likeness (QED) is 0.760. The molecule has 100 valence electrons. The minimum Gasteiger partial charge on any atom is -0.320 e. The SMILES string of the molecule is Cc1ccc(C(N)c2cccc3cnccc23)c(C)c1. The first-order valence-corrected chi connectivity index (χ1v) is 6.82. The molecule has 20 heavy (non-hydrogen) atoms. The summed E-state index contributed by atoms with van der Waals surface area (Å²) in [6, 6.07) is 14.6. The lowest BCUT2D eigenvalue weighted by Crippen LogP contribution is -2.13. The number of hydrogen-bond acceptors (Lipinski definition) is 2. The monoisotopic (exact) mass is 262 g/mol. The van der Waals surface area contributed by atoms with Crippen LogP contribution in [0.2, 0.25) is 0 Å². The number of pyridine rings is 1. The molecule has 0 aliphatic rings. The Balaban J connectivity index is 2.15. The zero-order valence-electron chi connectivity index (χ0n) is 11.8. The van der Waals surface area contributed by atoms with Crippen LogP contribution < -0.4 is 5.73 Å². The Kier molecular flexibility index (Phi) is 3.25. The van der Waals surface area contributed by atoms with E-state index in [1.54, 1.807) is 0 Å². The zero-order chi connectivity index (χ0) is 14.1. The zero-order valence-corrected chi connectivity index (χ0v) is 11.8. The summed E-state index contributed by atoms with van der Waals surface area (Å²) in [4.78, 5) is 4.17. The summed E-state index contributed by atoms with van der Waals surface area (Å²) in [6.07, 6.45) is 3.70. The molecule has 0 bridgehead atoms. The van der Waals surface area contributed by atoms with Crippen molar-refractivity contribution in [2.45, 2.75) is 19.9 Å². The third kappa shape index (κ3) is 2.19. The molecule has 3 rings (SSSR count). The highest BCUT2D eigenvalue weighted by molar-refractivity contribution is 5.85. The minimum atomic E-state index is -0.110. The summed E-state index contributed by atoms with van der Waals surface area (Å²) in [5.74, 6) is 0. The van der Waals surface area contributed by atoms with E-state index in [-0.39, 0.29) is 6.04 Å². The number of rotatable bonds is 2. The molecule has 1 aromatic heterocycles. The number of nitrogens with zero attached hydrogens (tertiary/aromatic N) is 1. The van der Waals surface area contributed by atoms with Gasteiger partial charge in [0, 0.05) is 17.8 Å². The van der Waals surface area contributed by atoms with E-state index in [2.05, 4.69) is 49.2 Å². The highest BCUT2D eigenvalue weighted by Gasteiger charge is 2.14. The van der Waals surface area contributed by atoms with Crippen molar-refractivity contribution in [1.82, 2.24) is 4.98 Å². The van der Waals surface area contributed by atoms with Gasteiger partial charge in [0.15, 0.2) is 0 Å². The van der Waals surface area contributed by atoms with Gasteiger partial charge >= 0.3 is 0 Å². The Morgan fingerprint density at radius 1 is 1.00 bits per heavy atom. The van der Waals surface area contributed by atoms with Crippen LogP contribution in [0.15, 0.2) is 54.9 Å². The van der Waals surface area contributed by atoms with Gasteiger partial charge in [-0.25, -0.2) is 0 Å². The smallest absolute Gasteiger partial charge is 0.0560 e. The summed E-state index contributed by atoms with van der Waals surface area (Å²) >= 11 is 0. The van der Waals surface area contributed by atoms with E-state index < -0.39 is 0 Å². The van der Waals surface area contributed by atoms with Crippen molar-refractivity contribution in [2.24, 2.45) is 5.73 Å². The van der Waals surface area contributed by atoms with Crippen LogP contribution in [0.4, 0.5) is 0 Å². The summed E-state index contributed by atoms with van der Waals surface area (Å²) < 4.78 is 0. The second-order valence-corrected chi connectivity index (χ2v) is 5.28. The maximum absolute atomic E-state index is 6.51. The van der Waals surface area contributed by atoms with E-state index in [1.165, 1.54) is 22.1 Å². The summed E-state index contributed by atoms with van der Waals surface area (Å²) in [5.41, 5.74) is 11.3. The fourth-order valence-corrected chi connectivity index (χ4v) is 2.76. The lowest BCUT2D eigenvalue weighted by molar-refractivity contribution is 0.869. The molecule has 2 nitrogen and oxygen atoms in total. The van der Waals surface area contributed by atoms with Gasteiger partial charge in [-0.1, -0.05) is 42.0 Å². The second kappa shape index (κ2) is 5.06. The van der Waals surface area contributed by atoms with Gasteiger partial charge < -0.3 is 5.73 Å². The van der Waals surface area contributed by atoms with E-state index in [0.717, 1.165) is 10.9 Å². The van der Waals surface area contributed by atoms with Crippen LogP contribution in [-0.2, 0) is 0 Å². The highest BCUT2D eigenvalue weighted by atomic mass is 14.6. The fourth-order valence-electron chi connectivity index (χ4n) is 2.76. The van der Waals surface area contributed by atoms with Gasteiger partial charge in [-0.05, 0) is 42.0 Å². The Morgan fingerprint density at radius 2 is 1.85 bits per heavy atom. The van der Waals surface area contributed by atoms with Crippen molar-refractivity contribution < 1.29 is 0 Å². The summed E-state index contributed by atoms with van der Waals surface area (Å²) in [7, 11) is 0. The average molecular weight is 262 g/mol. The maximum atomic E-state index is 6.51. The van der Waals surface area contributed by atoms with E-state index in [0.29, 0.717) is 0 Å². The first-order valence-electron chi connectivity index (χ1n) is 6.82. The Hall–Kier alpha value is -2.19. The molecule has 2 heteroatoms. The first kappa shape index (κ1) is 12.8. The van der Waals surface area contributed by atoms with Crippen molar-refractivity contribution >= 4 is 10.8 Å². The van der Waals surface area contributed by atoms with Crippen LogP contribution in [0.1, 0.15) is 28.3 Å². The van der Waals surface area contributed by atoms with E-state index in [1.807, 2.05) is 24.5 Å². The first-order chi connectivity index (χ1) is 9.66. The molecule has 0 fully saturated rings. The predicted octanol–water partition coefficient (Wildman–Crippen LogP) is 3.90. The Labute approximate surface area is 119 Å². The van der Waals surface area contributed by atoms with Crippen LogP contribution in [0.5, 0.6) is 0 Å². The molecule has 0 saturated heterocycles. The molecular formula is C18H18N2. The number of hydrogen-bond donors (Lipinski definition) is 1. The Morgan fingerprint density at radius 3 is 2.65 bits per heavy atom. The molecule has 1 unspecified atom stereocenters. The van der Waals surface area contributed by atoms with E-state index >= 15 is 0 Å². The van der Waals surface area contributed by atoms with Gasteiger partial charge in [-0.15, -0.1) is 0 Å². The molecule has 3 aromatic rings. The molecule has 0 spiro atoms. The molecule has 0 amide bonds. The van der Waals surface area contributed by atoms with Crippen LogP contribution in [0.25, 0.3) is 10.8 Å². The van der Waals surface area contributed by atoms with Crippen molar-refractivity contribution in [3.8, 4) is 0 Å². The number of aryl methyl sites for hydroxylation is 2. The van der Waals surface area contributed by atoms with Crippen molar-refractivity contribution in [2.75, 3.05) is 0 Å².